The van der Waals surface area contributed by atoms with Crippen LogP contribution in [0.25, 0.3) is 0 Å². The lowest BCUT2D eigenvalue weighted by Gasteiger charge is -2.22. The molecule has 2 aromatic rings. The van der Waals surface area contributed by atoms with Crippen molar-refractivity contribution in [1.82, 2.24) is 30.6 Å². The summed E-state index contributed by atoms with van der Waals surface area (Å²) in [5, 5.41) is 13.6. The van der Waals surface area contributed by atoms with Gasteiger partial charge in [-0.1, -0.05) is 12.1 Å². The van der Waals surface area contributed by atoms with Crippen LogP contribution < -0.4 is 16.0 Å². The number of benzene rings is 1. The van der Waals surface area contributed by atoms with E-state index in [0.29, 0.717) is 30.4 Å². The first-order chi connectivity index (χ1) is 14.0. The standard InChI is InChI=1S/C21H30N6O2.ClH/c1-26(2)12-10-23-20(28)17-6-3-5-16(13-17)14-24-21(29)19-8-11-27(25-19)18-7-4-9-22-15-18;/h3,5-6,8,11,13,18,22H,4,7,9-10,12,14-15H2,1-2H3,(H,23,28)(H,24,29);1H. The maximum absolute atomic E-state index is 12.5. The largest absolute Gasteiger partial charge is 0.351 e. The minimum Gasteiger partial charge on any atom is -0.351 e. The number of hydrogen-bond acceptors (Lipinski definition) is 5. The van der Waals surface area contributed by atoms with Crippen LogP contribution in [-0.4, -0.2) is 66.8 Å². The Morgan fingerprint density at radius 1 is 1.23 bits per heavy atom. The fourth-order valence-electron chi connectivity index (χ4n) is 3.31. The van der Waals surface area contributed by atoms with Gasteiger partial charge in [0.2, 0.25) is 0 Å². The number of likely N-dealkylation sites (N-methyl/N-ethyl adjacent to an activating group) is 1. The molecule has 1 aliphatic rings. The molecule has 9 heteroatoms. The molecule has 0 radical (unpaired) electrons. The number of hydrogen-bond donors (Lipinski definition) is 3. The van der Waals surface area contributed by atoms with Gasteiger partial charge in [0.25, 0.3) is 11.8 Å². The third kappa shape index (κ3) is 6.83. The molecule has 1 fully saturated rings. The Kier molecular flexibility index (Phi) is 9.29. The molecule has 1 unspecified atom stereocenters. The maximum Gasteiger partial charge on any atom is 0.272 e. The second kappa shape index (κ2) is 11.7. The third-order valence-electron chi connectivity index (χ3n) is 4.97. The fourth-order valence-corrected chi connectivity index (χ4v) is 3.31. The number of halogens is 1. The van der Waals surface area contributed by atoms with Crippen molar-refractivity contribution in [3.8, 4) is 0 Å². The van der Waals surface area contributed by atoms with Gasteiger partial charge in [-0.25, -0.2) is 0 Å². The highest BCUT2D eigenvalue weighted by atomic mass is 35.5. The van der Waals surface area contributed by atoms with Crippen molar-refractivity contribution in [3.63, 3.8) is 0 Å². The lowest BCUT2D eigenvalue weighted by Crippen LogP contribution is -2.32. The molecule has 1 aromatic heterocycles. The first kappa shape index (κ1) is 23.9. The van der Waals surface area contributed by atoms with E-state index in [9.17, 15) is 9.59 Å². The number of nitrogens with zero attached hydrogens (tertiary/aromatic N) is 3. The molecule has 1 atom stereocenters. The average Bonchev–Trinajstić information content (AvgIpc) is 3.23. The van der Waals surface area contributed by atoms with E-state index in [-0.39, 0.29) is 24.2 Å². The van der Waals surface area contributed by atoms with Crippen LogP contribution in [0.1, 0.15) is 45.3 Å². The number of piperidine rings is 1. The molecule has 1 aliphatic heterocycles. The molecule has 0 saturated carbocycles. The number of amides is 2. The van der Waals surface area contributed by atoms with Crippen LogP contribution in [0.3, 0.4) is 0 Å². The Morgan fingerprint density at radius 3 is 2.80 bits per heavy atom. The topological polar surface area (TPSA) is 91.3 Å². The zero-order chi connectivity index (χ0) is 20.6. The number of carbonyl (C=O) groups is 2. The third-order valence-corrected chi connectivity index (χ3v) is 4.97. The van der Waals surface area contributed by atoms with Crippen LogP contribution in [0.5, 0.6) is 0 Å². The molecule has 0 bridgehead atoms. The SMILES string of the molecule is CN(C)CCNC(=O)c1cccc(CNC(=O)c2ccn(C3CCCNC3)n2)c1.Cl. The first-order valence-corrected chi connectivity index (χ1v) is 10.1. The van der Waals surface area contributed by atoms with E-state index in [2.05, 4.69) is 21.0 Å². The predicted molar refractivity (Wildman–Crippen MR) is 119 cm³/mol. The molecule has 30 heavy (non-hydrogen) atoms. The van der Waals surface area contributed by atoms with Crippen LogP contribution in [0, 0.1) is 0 Å². The summed E-state index contributed by atoms with van der Waals surface area (Å²) in [6.07, 6.45) is 4.05. The van der Waals surface area contributed by atoms with Gasteiger partial charge in [-0.15, -0.1) is 12.4 Å². The lowest BCUT2D eigenvalue weighted by molar-refractivity contribution is 0.0941. The first-order valence-electron chi connectivity index (χ1n) is 10.1. The smallest absolute Gasteiger partial charge is 0.272 e. The summed E-state index contributed by atoms with van der Waals surface area (Å²) in [5.41, 5.74) is 1.87. The highest BCUT2D eigenvalue weighted by Gasteiger charge is 2.17. The fraction of sp³-hybridized carbons (Fsp3) is 0.476. The van der Waals surface area contributed by atoms with Crippen LogP contribution >= 0.6 is 12.4 Å². The molecule has 0 aliphatic carbocycles. The monoisotopic (exact) mass is 434 g/mol. The lowest BCUT2D eigenvalue weighted by atomic mass is 10.1. The van der Waals surface area contributed by atoms with Crippen LogP contribution in [0.15, 0.2) is 36.5 Å². The van der Waals surface area contributed by atoms with E-state index >= 15 is 0 Å². The van der Waals surface area contributed by atoms with Gasteiger partial charge in [-0.2, -0.15) is 5.10 Å². The van der Waals surface area contributed by atoms with Crippen molar-refractivity contribution in [2.75, 3.05) is 40.3 Å². The summed E-state index contributed by atoms with van der Waals surface area (Å²) in [6.45, 7) is 3.64. The van der Waals surface area contributed by atoms with Crippen molar-refractivity contribution in [2.24, 2.45) is 0 Å². The van der Waals surface area contributed by atoms with Crippen LogP contribution in [-0.2, 0) is 6.54 Å². The highest BCUT2D eigenvalue weighted by Crippen LogP contribution is 2.15. The van der Waals surface area contributed by atoms with Gasteiger partial charge >= 0.3 is 0 Å². The molecule has 8 nitrogen and oxygen atoms in total. The highest BCUT2D eigenvalue weighted by molar-refractivity contribution is 5.94. The van der Waals surface area contributed by atoms with Gasteiger partial charge in [0, 0.05) is 37.9 Å². The Balaban J connectivity index is 0.00000320. The number of nitrogens with one attached hydrogen (secondary N) is 3. The van der Waals surface area contributed by atoms with E-state index < -0.39 is 0 Å². The summed E-state index contributed by atoms with van der Waals surface area (Å²) in [5.74, 6) is -0.326. The van der Waals surface area contributed by atoms with Crippen LogP contribution in [0.2, 0.25) is 0 Å². The minimum absolute atomic E-state index is 0. The zero-order valence-corrected chi connectivity index (χ0v) is 18.4. The summed E-state index contributed by atoms with van der Waals surface area (Å²) >= 11 is 0. The Labute approximate surface area is 183 Å². The van der Waals surface area contributed by atoms with E-state index in [1.807, 2.05) is 42.0 Å². The van der Waals surface area contributed by atoms with Gasteiger partial charge in [-0.05, 0) is 57.2 Å². The van der Waals surface area contributed by atoms with E-state index in [4.69, 9.17) is 0 Å². The molecule has 164 valence electrons. The second-order valence-electron chi connectivity index (χ2n) is 7.62. The van der Waals surface area contributed by atoms with Gasteiger partial charge < -0.3 is 20.9 Å². The van der Waals surface area contributed by atoms with Crippen molar-refractivity contribution < 1.29 is 9.59 Å². The molecule has 3 rings (SSSR count). The summed E-state index contributed by atoms with van der Waals surface area (Å²) in [7, 11) is 3.93. The zero-order valence-electron chi connectivity index (χ0n) is 17.6. The maximum atomic E-state index is 12.5. The van der Waals surface area contributed by atoms with Crippen molar-refractivity contribution in [1.29, 1.82) is 0 Å². The Hall–Kier alpha value is -2.42. The quantitative estimate of drug-likeness (QED) is 0.585. The van der Waals surface area contributed by atoms with E-state index in [1.54, 1.807) is 18.2 Å². The molecule has 1 aromatic carbocycles. The van der Waals surface area contributed by atoms with Crippen molar-refractivity contribution in [2.45, 2.75) is 25.4 Å². The van der Waals surface area contributed by atoms with Gasteiger partial charge in [0.1, 0.15) is 5.69 Å². The Morgan fingerprint density at radius 2 is 2.07 bits per heavy atom. The molecule has 1 saturated heterocycles. The molecular weight excluding hydrogens is 404 g/mol. The predicted octanol–water partition coefficient (Wildman–Crippen LogP) is 1.45. The van der Waals surface area contributed by atoms with Gasteiger partial charge in [0.05, 0.1) is 6.04 Å². The van der Waals surface area contributed by atoms with E-state index in [0.717, 1.165) is 38.0 Å². The summed E-state index contributed by atoms with van der Waals surface area (Å²) < 4.78 is 1.87. The van der Waals surface area contributed by atoms with Gasteiger partial charge in [0.15, 0.2) is 0 Å². The summed E-state index contributed by atoms with van der Waals surface area (Å²) in [6, 6.07) is 9.34. The molecule has 3 N–H and O–H groups in total. The summed E-state index contributed by atoms with van der Waals surface area (Å²) in [4.78, 5) is 26.7. The van der Waals surface area contributed by atoms with E-state index in [1.165, 1.54) is 0 Å². The Bertz CT molecular complexity index is 832. The minimum atomic E-state index is -0.214. The number of rotatable bonds is 8. The van der Waals surface area contributed by atoms with Crippen LogP contribution in [0.4, 0.5) is 0 Å². The molecule has 0 spiro atoms. The average molecular weight is 435 g/mol. The van der Waals surface area contributed by atoms with Crippen molar-refractivity contribution >= 4 is 24.2 Å². The van der Waals surface area contributed by atoms with Crippen molar-refractivity contribution in [3.05, 3.63) is 53.3 Å². The number of aromatic nitrogens is 2. The molecular formula is C21H31ClN6O2. The molecule has 2 amide bonds. The van der Waals surface area contributed by atoms with Gasteiger partial charge in [-0.3, -0.25) is 14.3 Å². The molecule has 2 heterocycles. The second-order valence-corrected chi connectivity index (χ2v) is 7.62. The number of carbonyl (C=O) groups excluding carboxylic acids is 2. The normalized spacial score (nSPS) is 16.0.